The van der Waals surface area contributed by atoms with Gasteiger partial charge in [-0.2, -0.15) is 0 Å². The smallest absolute Gasteiger partial charge is 0.307 e. The van der Waals surface area contributed by atoms with Crippen molar-refractivity contribution >= 4 is 39.5 Å². The van der Waals surface area contributed by atoms with E-state index < -0.39 is 5.97 Å². The van der Waals surface area contributed by atoms with Crippen LogP contribution < -0.4 is 10.1 Å². The van der Waals surface area contributed by atoms with E-state index in [1.165, 1.54) is 0 Å². The Morgan fingerprint density at radius 2 is 1.97 bits per heavy atom. The van der Waals surface area contributed by atoms with Gasteiger partial charge in [-0.3, -0.25) is 9.78 Å². The number of para-hydroxylation sites is 1. The zero-order valence-corrected chi connectivity index (χ0v) is 18.8. The van der Waals surface area contributed by atoms with Gasteiger partial charge in [-0.1, -0.05) is 24.3 Å². The van der Waals surface area contributed by atoms with Crippen LogP contribution in [0.2, 0.25) is 0 Å². The van der Waals surface area contributed by atoms with Crippen molar-refractivity contribution in [3.63, 3.8) is 0 Å². The van der Waals surface area contributed by atoms with Crippen molar-refractivity contribution in [2.75, 3.05) is 0 Å². The highest BCUT2D eigenvalue weighted by molar-refractivity contribution is 14.1. The van der Waals surface area contributed by atoms with Crippen molar-refractivity contribution in [2.24, 2.45) is 0 Å². The molecule has 6 nitrogen and oxygen atoms in total. The van der Waals surface area contributed by atoms with Crippen molar-refractivity contribution < 1.29 is 19.1 Å². The van der Waals surface area contributed by atoms with Crippen molar-refractivity contribution in [3.8, 4) is 5.75 Å². The van der Waals surface area contributed by atoms with Crippen molar-refractivity contribution in [3.05, 3.63) is 93.0 Å². The van der Waals surface area contributed by atoms with Gasteiger partial charge in [-0.05, 0) is 64.0 Å². The van der Waals surface area contributed by atoms with Gasteiger partial charge in [-0.25, -0.2) is 0 Å². The lowest BCUT2D eigenvalue weighted by Crippen LogP contribution is -2.12. The molecule has 0 bridgehead atoms. The summed E-state index contributed by atoms with van der Waals surface area (Å²) in [5.41, 5.74) is 3.64. The normalized spacial score (nSPS) is 11.0. The number of nitrogens with one attached hydrogen (secondary N) is 1. The predicted octanol–water partition coefficient (Wildman–Crippen LogP) is 4.93. The number of pyridine rings is 1. The van der Waals surface area contributed by atoms with Gasteiger partial charge in [0.15, 0.2) is 0 Å². The Morgan fingerprint density at radius 1 is 1.10 bits per heavy atom. The van der Waals surface area contributed by atoms with Crippen molar-refractivity contribution in [2.45, 2.75) is 26.1 Å². The number of hydrogen-bond donors (Lipinski definition) is 2. The zero-order chi connectivity index (χ0) is 21.6. The number of carbonyl (C=O) groups is 1. The first-order valence-corrected chi connectivity index (χ1v) is 10.9. The summed E-state index contributed by atoms with van der Waals surface area (Å²) in [5.74, 6) is 0.573. The summed E-state index contributed by atoms with van der Waals surface area (Å²) in [4.78, 5) is 15.2. The van der Waals surface area contributed by atoms with Gasteiger partial charge in [0, 0.05) is 29.9 Å². The summed E-state index contributed by atoms with van der Waals surface area (Å²) in [5, 5.41) is 13.5. The molecule has 2 heterocycles. The molecule has 2 N–H and O–H groups in total. The fraction of sp³-hybridized carbons (Fsp3) is 0.167. The molecule has 0 amide bonds. The maximum Gasteiger partial charge on any atom is 0.307 e. The lowest BCUT2D eigenvalue weighted by atomic mass is 10.1. The summed E-state index contributed by atoms with van der Waals surface area (Å²) in [6.45, 7) is 1.69. The molecule has 0 saturated heterocycles. The molecule has 0 fully saturated rings. The molecule has 7 heteroatoms. The summed E-state index contributed by atoms with van der Waals surface area (Å²) in [6.07, 6.45) is 3.54. The molecule has 0 atom stereocenters. The molecule has 31 heavy (non-hydrogen) atoms. The molecule has 2 aromatic carbocycles. The molecule has 2 aromatic heterocycles. The minimum absolute atomic E-state index is 0.0656. The number of rotatable bonds is 9. The van der Waals surface area contributed by atoms with E-state index in [1.807, 2.05) is 48.7 Å². The molecule has 0 aliphatic heterocycles. The predicted molar refractivity (Wildman–Crippen MR) is 126 cm³/mol. The van der Waals surface area contributed by atoms with Gasteiger partial charge in [0.05, 0.1) is 16.5 Å². The molecule has 4 rings (SSSR count). The highest BCUT2D eigenvalue weighted by Crippen LogP contribution is 2.28. The second kappa shape index (κ2) is 9.93. The van der Waals surface area contributed by atoms with Crippen LogP contribution in [-0.4, -0.2) is 16.1 Å². The number of aromatic nitrogens is 1. The van der Waals surface area contributed by atoms with E-state index in [2.05, 4.69) is 32.9 Å². The van der Waals surface area contributed by atoms with E-state index in [4.69, 9.17) is 14.3 Å². The van der Waals surface area contributed by atoms with Crippen LogP contribution >= 0.6 is 22.6 Å². The number of benzene rings is 2. The second-order valence-corrected chi connectivity index (χ2v) is 8.30. The first-order chi connectivity index (χ1) is 15.1. The summed E-state index contributed by atoms with van der Waals surface area (Å²) >= 11 is 2.27. The average molecular weight is 528 g/mol. The van der Waals surface area contributed by atoms with E-state index in [-0.39, 0.29) is 6.42 Å². The number of aliphatic carboxylic acids is 1. The van der Waals surface area contributed by atoms with Crippen LogP contribution in [0.25, 0.3) is 11.0 Å². The molecule has 0 saturated carbocycles. The number of furan rings is 1. The molecular weight excluding hydrogens is 507 g/mol. The molecule has 0 radical (unpaired) electrons. The number of carboxylic acid groups (broad SMARTS) is 1. The molecule has 0 unspecified atom stereocenters. The van der Waals surface area contributed by atoms with Gasteiger partial charge >= 0.3 is 5.97 Å². The van der Waals surface area contributed by atoms with Gasteiger partial charge in [0.2, 0.25) is 0 Å². The first-order valence-electron chi connectivity index (χ1n) is 9.81. The summed E-state index contributed by atoms with van der Waals surface area (Å²) in [6, 6.07) is 17.3. The van der Waals surface area contributed by atoms with Crippen LogP contribution in [0.3, 0.4) is 0 Å². The molecular formula is C24H21IN2O4. The third-order valence-electron chi connectivity index (χ3n) is 4.74. The topological polar surface area (TPSA) is 84.6 Å². The maximum atomic E-state index is 11.1. The third kappa shape index (κ3) is 5.62. The molecule has 158 valence electrons. The number of hydrogen-bond acceptors (Lipinski definition) is 5. The Morgan fingerprint density at radius 3 is 2.77 bits per heavy atom. The molecule has 0 aliphatic rings. The van der Waals surface area contributed by atoms with E-state index in [9.17, 15) is 4.79 Å². The average Bonchev–Trinajstić information content (AvgIpc) is 3.17. The Kier molecular flexibility index (Phi) is 6.83. The highest BCUT2D eigenvalue weighted by Gasteiger charge is 2.11. The maximum absolute atomic E-state index is 11.1. The Labute approximate surface area is 193 Å². The van der Waals surface area contributed by atoms with Gasteiger partial charge in [-0.15, -0.1) is 0 Å². The van der Waals surface area contributed by atoms with Crippen molar-refractivity contribution in [1.82, 2.24) is 10.3 Å². The number of fused-ring (bicyclic) bond motifs is 1. The number of nitrogens with zero attached hydrogens (tertiary/aromatic N) is 1. The summed E-state index contributed by atoms with van der Waals surface area (Å²) in [7, 11) is 0. The number of halogens is 1. The monoisotopic (exact) mass is 528 g/mol. The third-order valence-corrected chi connectivity index (χ3v) is 5.54. The SMILES string of the molecule is O=C(O)Cc1ccccc1OCc1cc(I)c2oc(CNCc3cccnc3)cc2c1. The largest absolute Gasteiger partial charge is 0.489 e. The molecule has 0 spiro atoms. The lowest BCUT2D eigenvalue weighted by molar-refractivity contribution is -0.136. The molecule has 0 aliphatic carbocycles. The van der Waals surface area contributed by atoms with Gasteiger partial charge in [0.1, 0.15) is 23.7 Å². The zero-order valence-electron chi connectivity index (χ0n) is 16.7. The van der Waals surface area contributed by atoms with E-state index in [0.29, 0.717) is 24.5 Å². The lowest BCUT2D eigenvalue weighted by Gasteiger charge is -2.10. The van der Waals surface area contributed by atoms with Crippen LogP contribution in [0.5, 0.6) is 5.75 Å². The van der Waals surface area contributed by atoms with E-state index in [1.54, 1.807) is 18.3 Å². The first kappa shape index (κ1) is 21.3. The molecule has 4 aromatic rings. The fourth-order valence-electron chi connectivity index (χ4n) is 3.34. The number of ether oxygens (including phenoxy) is 1. The highest BCUT2D eigenvalue weighted by atomic mass is 127. The van der Waals surface area contributed by atoms with Crippen LogP contribution in [0, 0.1) is 3.57 Å². The Bertz CT molecular complexity index is 1190. The van der Waals surface area contributed by atoms with Crippen LogP contribution in [0.15, 0.2) is 71.4 Å². The van der Waals surface area contributed by atoms with Crippen LogP contribution in [0.1, 0.15) is 22.5 Å². The van der Waals surface area contributed by atoms with Crippen LogP contribution in [-0.2, 0) is 30.9 Å². The quantitative estimate of drug-likeness (QED) is 0.300. The minimum Gasteiger partial charge on any atom is -0.489 e. The van der Waals surface area contributed by atoms with Gasteiger partial charge in [0.25, 0.3) is 0 Å². The van der Waals surface area contributed by atoms with E-state index in [0.717, 1.165) is 38.0 Å². The Hall–Kier alpha value is -2.91. The Balaban J connectivity index is 1.43. The second-order valence-electron chi connectivity index (χ2n) is 7.14. The van der Waals surface area contributed by atoms with Crippen LogP contribution in [0.4, 0.5) is 0 Å². The van der Waals surface area contributed by atoms with E-state index >= 15 is 0 Å². The van der Waals surface area contributed by atoms with Gasteiger partial charge < -0.3 is 19.6 Å². The minimum atomic E-state index is -0.880. The number of carboxylic acids is 1. The van der Waals surface area contributed by atoms with Crippen molar-refractivity contribution in [1.29, 1.82) is 0 Å². The standard InChI is InChI=1S/C24H21IN2O4/c25-21-9-17(15-30-22-6-2-1-5-18(22)11-23(28)29)8-19-10-20(31-24(19)21)14-27-13-16-4-3-7-26-12-16/h1-10,12,27H,11,13-15H2,(H,28,29). The summed E-state index contributed by atoms with van der Waals surface area (Å²) < 4.78 is 13.0. The fourth-order valence-corrected chi connectivity index (χ4v) is 4.16.